The van der Waals surface area contributed by atoms with E-state index in [-0.39, 0.29) is 5.78 Å². The first-order valence-electron chi connectivity index (χ1n) is 5.80. The summed E-state index contributed by atoms with van der Waals surface area (Å²) >= 11 is 1.49. The standard InChI is InChI=1S/C14H12N2O2S/c1-16-13(10(18-2)8-15-16)14(17)12-7-9-5-3-4-6-11(9)19-12/h3-8H,1-2H3. The van der Waals surface area contributed by atoms with Gasteiger partial charge in [0, 0.05) is 11.7 Å². The quantitative estimate of drug-likeness (QED) is 0.689. The second-order valence-electron chi connectivity index (χ2n) is 4.16. The highest BCUT2D eigenvalue weighted by molar-refractivity contribution is 7.21. The molecule has 96 valence electrons. The van der Waals surface area contributed by atoms with Crippen LogP contribution in [0, 0.1) is 0 Å². The fourth-order valence-electron chi connectivity index (χ4n) is 2.04. The Labute approximate surface area is 114 Å². The summed E-state index contributed by atoms with van der Waals surface area (Å²) in [7, 11) is 3.28. The van der Waals surface area contributed by atoms with Gasteiger partial charge in [0.1, 0.15) is 0 Å². The first-order chi connectivity index (χ1) is 9.20. The van der Waals surface area contributed by atoms with E-state index < -0.39 is 0 Å². The molecule has 0 fully saturated rings. The number of carbonyl (C=O) groups excluding carboxylic acids is 1. The Hall–Kier alpha value is -2.14. The zero-order valence-corrected chi connectivity index (χ0v) is 11.4. The van der Waals surface area contributed by atoms with Crippen LogP contribution in [0.3, 0.4) is 0 Å². The molecule has 0 amide bonds. The van der Waals surface area contributed by atoms with Crippen molar-refractivity contribution < 1.29 is 9.53 Å². The van der Waals surface area contributed by atoms with E-state index >= 15 is 0 Å². The van der Waals surface area contributed by atoms with E-state index in [9.17, 15) is 4.79 Å². The molecule has 1 aromatic carbocycles. The lowest BCUT2D eigenvalue weighted by molar-refractivity contribution is 0.103. The third-order valence-electron chi connectivity index (χ3n) is 2.99. The summed E-state index contributed by atoms with van der Waals surface area (Å²) in [5.74, 6) is 0.447. The van der Waals surface area contributed by atoms with Gasteiger partial charge in [-0.15, -0.1) is 11.3 Å². The fraction of sp³-hybridized carbons (Fsp3) is 0.143. The highest BCUT2D eigenvalue weighted by Gasteiger charge is 2.21. The van der Waals surface area contributed by atoms with Crippen LogP contribution in [0.25, 0.3) is 10.1 Å². The molecule has 0 aliphatic rings. The van der Waals surface area contributed by atoms with Crippen molar-refractivity contribution >= 4 is 27.2 Å². The summed E-state index contributed by atoms with van der Waals surface area (Å²) in [6, 6.07) is 9.86. The van der Waals surface area contributed by atoms with Crippen molar-refractivity contribution in [2.45, 2.75) is 0 Å². The third kappa shape index (κ3) is 1.92. The van der Waals surface area contributed by atoms with E-state index in [2.05, 4.69) is 5.10 Å². The number of hydrogen-bond acceptors (Lipinski definition) is 4. The molecule has 0 radical (unpaired) electrons. The Kier molecular flexibility index (Phi) is 2.83. The van der Waals surface area contributed by atoms with Crippen molar-refractivity contribution in [2.24, 2.45) is 7.05 Å². The highest BCUT2D eigenvalue weighted by atomic mass is 32.1. The molecule has 3 rings (SSSR count). The second-order valence-corrected chi connectivity index (χ2v) is 5.25. The lowest BCUT2D eigenvalue weighted by Crippen LogP contribution is -2.08. The molecule has 0 atom stereocenters. The number of nitrogens with zero attached hydrogens (tertiary/aromatic N) is 2. The number of rotatable bonds is 3. The number of fused-ring (bicyclic) bond motifs is 1. The van der Waals surface area contributed by atoms with E-state index in [0.717, 1.165) is 10.1 Å². The van der Waals surface area contributed by atoms with Crippen LogP contribution >= 0.6 is 11.3 Å². The molecule has 0 spiro atoms. The maximum absolute atomic E-state index is 12.5. The van der Waals surface area contributed by atoms with Crippen LogP contribution in [0.5, 0.6) is 5.75 Å². The molecule has 5 heteroatoms. The Bertz CT molecular complexity index is 725. The molecule has 0 aliphatic heterocycles. The molecule has 3 aromatic rings. The lowest BCUT2D eigenvalue weighted by atomic mass is 10.2. The van der Waals surface area contributed by atoms with Crippen LogP contribution in [0.15, 0.2) is 36.5 Å². The van der Waals surface area contributed by atoms with E-state index in [1.807, 2.05) is 30.3 Å². The number of ether oxygens (including phenoxy) is 1. The molecule has 2 heterocycles. The number of hydrogen-bond donors (Lipinski definition) is 0. The maximum Gasteiger partial charge on any atom is 0.224 e. The fourth-order valence-corrected chi connectivity index (χ4v) is 3.04. The van der Waals surface area contributed by atoms with Crippen LogP contribution in [0.2, 0.25) is 0 Å². The first kappa shape index (κ1) is 11.9. The monoisotopic (exact) mass is 272 g/mol. The van der Waals surface area contributed by atoms with Gasteiger partial charge in [-0.1, -0.05) is 18.2 Å². The van der Waals surface area contributed by atoms with Crippen LogP contribution < -0.4 is 4.74 Å². The second kappa shape index (κ2) is 4.51. The van der Waals surface area contributed by atoms with E-state index in [4.69, 9.17) is 4.74 Å². The molecule has 0 bridgehead atoms. The average Bonchev–Trinajstić information content (AvgIpc) is 3.01. The van der Waals surface area contributed by atoms with E-state index in [1.165, 1.54) is 11.3 Å². The topological polar surface area (TPSA) is 44.1 Å². The molecule has 19 heavy (non-hydrogen) atoms. The third-order valence-corrected chi connectivity index (χ3v) is 4.10. The van der Waals surface area contributed by atoms with Gasteiger partial charge in [-0.2, -0.15) is 5.10 Å². The molecule has 0 aliphatic carbocycles. The predicted octanol–water partition coefficient (Wildman–Crippen LogP) is 2.87. The zero-order chi connectivity index (χ0) is 13.4. The van der Waals surface area contributed by atoms with Gasteiger partial charge in [-0.25, -0.2) is 0 Å². The summed E-state index contributed by atoms with van der Waals surface area (Å²) in [6.07, 6.45) is 1.56. The van der Waals surface area contributed by atoms with Crippen LogP contribution in [0.1, 0.15) is 15.4 Å². The van der Waals surface area contributed by atoms with Gasteiger partial charge in [0.25, 0.3) is 0 Å². The van der Waals surface area contributed by atoms with Crippen molar-refractivity contribution in [3.05, 3.63) is 47.1 Å². The number of methoxy groups -OCH3 is 1. The summed E-state index contributed by atoms with van der Waals surface area (Å²) in [4.78, 5) is 13.2. The summed E-state index contributed by atoms with van der Waals surface area (Å²) in [6.45, 7) is 0. The maximum atomic E-state index is 12.5. The number of thiophene rings is 1. The van der Waals surface area contributed by atoms with Crippen molar-refractivity contribution in [3.63, 3.8) is 0 Å². The van der Waals surface area contributed by atoms with E-state index in [0.29, 0.717) is 16.3 Å². The van der Waals surface area contributed by atoms with E-state index in [1.54, 1.807) is 25.0 Å². The average molecular weight is 272 g/mol. The number of carbonyl (C=O) groups is 1. The molecule has 2 aromatic heterocycles. The molecular weight excluding hydrogens is 260 g/mol. The van der Waals surface area contributed by atoms with Gasteiger partial charge >= 0.3 is 0 Å². The molecular formula is C14H12N2O2S. The van der Waals surface area contributed by atoms with Crippen LogP contribution in [-0.4, -0.2) is 22.7 Å². The summed E-state index contributed by atoms with van der Waals surface area (Å²) in [5, 5.41) is 5.14. The van der Waals surface area contributed by atoms with Crippen molar-refractivity contribution in [2.75, 3.05) is 7.11 Å². The Morgan fingerprint density at radius 3 is 2.89 bits per heavy atom. The minimum Gasteiger partial charge on any atom is -0.493 e. The molecule has 0 N–H and O–H groups in total. The Morgan fingerprint density at radius 1 is 1.37 bits per heavy atom. The smallest absolute Gasteiger partial charge is 0.224 e. The van der Waals surface area contributed by atoms with Crippen molar-refractivity contribution in [3.8, 4) is 5.75 Å². The van der Waals surface area contributed by atoms with Crippen molar-refractivity contribution in [1.29, 1.82) is 0 Å². The van der Waals surface area contributed by atoms with Gasteiger partial charge in [-0.3, -0.25) is 9.48 Å². The van der Waals surface area contributed by atoms with Gasteiger partial charge in [0.15, 0.2) is 11.4 Å². The summed E-state index contributed by atoms with van der Waals surface area (Å²) < 4.78 is 7.83. The minimum absolute atomic E-state index is 0.0574. The number of benzene rings is 1. The summed E-state index contributed by atoms with van der Waals surface area (Å²) in [5.41, 5.74) is 0.481. The molecule has 0 saturated heterocycles. The van der Waals surface area contributed by atoms with Gasteiger partial charge in [0.05, 0.1) is 18.2 Å². The first-order valence-corrected chi connectivity index (χ1v) is 6.61. The zero-order valence-electron chi connectivity index (χ0n) is 10.6. The minimum atomic E-state index is -0.0574. The highest BCUT2D eigenvalue weighted by Crippen LogP contribution is 2.29. The van der Waals surface area contributed by atoms with Gasteiger partial charge < -0.3 is 4.74 Å². The predicted molar refractivity (Wildman–Crippen MR) is 75.0 cm³/mol. The molecule has 0 unspecified atom stereocenters. The van der Waals surface area contributed by atoms with Crippen LogP contribution in [-0.2, 0) is 7.05 Å². The molecule has 0 saturated carbocycles. The van der Waals surface area contributed by atoms with Gasteiger partial charge in [-0.05, 0) is 17.5 Å². The largest absolute Gasteiger partial charge is 0.493 e. The van der Waals surface area contributed by atoms with Crippen molar-refractivity contribution in [1.82, 2.24) is 9.78 Å². The lowest BCUT2D eigenvalue weighted by Gasteiger charge is -2.02. The molecule has 4 nitrogen and oxygen atoms in total. The number of ketones is 1. The normalized spacial score (nSPS) is 10.8. The number of aryl methyl sites for hydroxylation is 1. The Balaban J connectivity index is 2.10. The number of aromatic nitrogens is 2. The van der Waals surface area contributed by atoms with Gasteiger partial charge in [0.2, 0.25) is 5.78 Å². The Morgan fingerprint density at radius 2 is 2.16 bits per heavy atom. The van der Waals surface area contributed by atoms with Crippen LogP contribution in [0.4, 0.5) is 0 Å². The SMILES string of the molecule is COc1cnn(C)c1C(=O)c1cc2ccccc2s1.